The van der Waals surface area contributed by atoms with Crippen LogP contribution in [-0.2, 0) is 11.2 Å². The summed E-state index contributed by atoms with van der Waals surface area (Å²) in [4.78, 5) is 0. The molecule has 1 aliphatic heterocycles. The Balaban J connectivity index is 1.90. The van der Waals surface area contributed by atoms with Crippen molar-refractivity contribution in [3.05, 3.63) is 33.8 Å². The smallest absolute Gasteiger partial charge is 0.0605 e. The maximum Gasteiger partial charge on any atom is 0.0605 e. The molecule has 0 bridgehead atoms. The standard InChI is InChI=1S/C13H16Cl2O2/c14-10-4-3-9(13(15)7-10)6-11(16)8-12-2-1-5-17-12/h3-4,7,11-12,16H,1-2,5-6,8H2. The lowest BCUT2D eigenvalue weighted by Gasteiger charge is -2.16. The Morgan fingerprint density at radius 2 is 2.24 bits per heavy atom. The van der Waals surface area contributed by atoms with Crippen LogP contribution in [-0.4, -0.2) is 23.9 Å². The second-order valence-corrected chi connectivity index (χ2v) is 5.31. The third-order valence-electron chi connectivity index (χ3n) is 3.03. The molecule has 4 heteroatoms. The molecule has 0 radical (unpaired) electrons. The van der Waals surface area contributed by atoms with Gasteiger partial charge in [0, 0.05) is 16.7 Å². The number of hydrogen-bond donors (Lipinski definition) is 1. The molecule has 1 aromatic rings. The number of rotatable bonds is 4. The average molecular weight is 275 g/mol. The summed E-state index contributed by atoms with van der Waals surface area (Å²) in [6.07, 6.45) is 3.17. The van der Waals surface area contributed by atoms with Crippen LogP contribution in [0.25, 0.3) is 0 Å². The van der Waals surface area contributed by atoms with Gasteiger partial charge in [0.25, 0.3) is 0 Å². The molecular formula is C13H16Cl2O2. The molecule has 1 aliphatic rings. The molecule has 0 amide bonds. The minimum atomic E-state index is -0.406. The maximum atomic E-state index is 9.99. The molecule has 0 aromatic heterocycles. The van der Waals surface area contributed by atoms with E-state index in [-0.39, 0.29) is 6.10 Å². The molecule has 2 atom stereocenters. The van der Waals surface area contributed by atoms with E-state index in [1.54, 1.807) is 12.1 Å². The van der Waals surface area contributed by atoms with Crippen molar-refractivity contribution in [1.82, 2.24) is 0 Å². The Morgan fingerprint density at radius 3 is 2.88 bits per heavy atom. The Bertz CT molecular complexity index is 376. The third-order valence-corrected chi connectivity index (χ3v) is 3.62. The number of benzene rings is 1. The average Bonchev–Trinajstić information content (AvgIpc) is 2.75. The summed E-state index contributed by atoms with van der Waals surface area (Å²) in [5.41, 5.74) is 0.932. The Kier molecular flexibility index (Phi) is 4.69. The molecule has 1 saturated heterocycles. The lowest BCUT2D eigenvalue weighted by atomic mass is 10.0. The van der Waals surface area contributed by atoms with Crippen molar-refractivity contribution in [1.29, 1.82) is 0 Å². The molecule has 1 aromatic carbocycles. The van der Waals surface area contributed by atoms with Crippen LogP contribution in [0.4, 0.5) is 0 Å². The fourth-order valence-electron chi connectivity index (χ4n) is 2.16. The summed E-state index contributed by atoms with van der Waals surface area (Å²) in [5.74, 6) is 0. The predicted octanol–water partition coefficient (Wildman–Crippen LogP) is 3.47. The predicted molar refractivity (Wildman–Crippen MR) is 69.8 cm³/mol. The van der Waals surface area contributed by atoms with Crippen molar-refractivity contribution in [3.63, 3.8) is 0 Å². The first-order valence-electron chi connectivity index (χ1n) is 5.89. The van der Waals surface area contributed by atoms with Gasteiger partial charge in [-0.3, -0.25) is 0 Å². The molecule has 2 unspecified atom stereocenters. The topological polar surface area (TPSA) is 29.5 Å². The Labute approximate surface area is 111 Å². The van der Waals surface area contributed by atoms with Gasteiger partial charge in [-0.2, -0.15) is 0 Å². The van der Waals surface area contributed by atoms with Crippen molar-refractivity contribution in [2.75, 3.05) is 6.61 Å². The monoisotopic (exact) mass is 274 g/mol. The normalized spacial score (nSPS) is 21.7. The molecular weight excluding hydrogens is 259 g/mol. The molecule has 2 nitrogen and oxygen atoms in total. The van der Waals surface area contributed by atoms with E-state index in [0.29, 0.717) is 22.9 Å². The van der Waals surface area contributed by atoms with Gasteiger partial charge in [0.1, 0.15) is 0 Å². The van der Waals surface area contributed by atoms with Crippen LogP contribution in [0.15, 0.2) is 18.2 Å². The van der Waals surface area contributed by atoms with E-state index in [4.69, 9.17) is 27.9 Å². The number of halogens is 2. The van der Waals surface area contributed by atoms with E-state index >= 15 is 0 Å². The van der Waals surface area contributed by atoms with E-state index in [9.17, 15) is 5.11 Å². The zero-order valence-corrected chi connectivity index (χ0v) is 11.0. The first kappa shape index (κ1) is 13.2. The summed E-state index contributed by atoms with van der Waals surface area (Å²) >= 11 is 11.9. The summed E-state index contributed by atoms with van der Waals surface area (Å²) < 4.78 is 5.50. The van der Waals surface area contributed by atoms with Crippen LogP contribution in [0, 0.1) is 0 Å². The van der Waals surface area contributed by atoms with Crippen LogP contribution in [0.1, 0.15) is 24.8 Å². The van der Waals surface area contributed by atoms with E-state index < -0.39 is 6.10 Å². The molecule has 94 valence electrons. The van der Waals surface area contributed by atoms with E-state index in [1.807, 2.05) is 6.07 Å². The summed E-state index contributed by atoms with van der Waals surface area (Å²) in [6, 6.07) is 5.36. The Hall–Kier alpha value is -0.280. The number of ether oxygens (including phenoxy) is 1. The summed E-state index contributed by atoms with van der Waals surface area (Å²) in [6.45, 7) is 0.819. The van der Waals surface area contributed by atoms with Gasteiger partial charge < -0.3 is 9.84 Å². The van der Waals surface area contributed by atoms with Crippen LogP contribution >= 0.6 is 23.2 Å². The van der Waals surface area contributed by atoms with Crippen molar-refractivity contribution >= 4 is 23.2 Å². The van der Waals surface area contributed by atoms with Crippen molar-refractivity contribution in [2.24, 2.45) is 0 Å². The highest BCUT2D eigenvalue weighted by Crippen LogP contribution is 2.24. The number of hydrogen-bond acceptors (Lipinski definition) is 2. The lowest BCUT2D eigenvalue weighted by molar-refractivity contribution is 0.0541. The Morgan fingerprint density at radius 1 is 1.41 bits per heavy atom. The largest absolute Gasteiger partial charge is 0.393 e. The van der Waals surface area contributed by atoms with Gasteiger partial charge in [-0.25, -0.2) is 0 Å². The fraction of sp³-hybridized carbons (Fsp3) is 0.538. The van der Waals surface area contributed by atoms with Crippen LogP contribution in [0.5, 0.6) is 0 Å². The van der Waals surface area contributed by atoms with Gasteiger partial charge in [-0.05, 0) is 43.4 Å². The SMILES string of the molecule is OC(Cc1ccc(Cl)cc1Cl)CC1CCCO1. The van der Waals surface area contributed by atoms with Gasteiger partial charge in [0.15, 0.2) is 0 Å². The quantitative estimate of drug-likeness (QED) is 0.911. The molecule has 1 fully saturated rings. The molecule has 0 aliphatic carbocycles. The molecule has 2 rings (SSSR count). The van der Waals surface area contributed by atoms with Crippen LogP contribution in [0.3, 0.4) is 0 Å². The third kappa shape index (κ3) is 3.85. The molecule has 1 heterocycles. The van der Waals surface area contributed by atoms with Crippen molar-refractivity contribution < 1.29 is 9.84 Å². The van der Waals surface area contributed by atoms with E-state index in [1.165, 1.54) is 0 Å². The van der Waals surface area contributed by atoms with Crippen molar-refractivity contribution in [2.45, 2.75) is 37.9 Å². The van der Waals surface area contributed by atoms with Gasteiger partial charge in [0.05, 0.1) is 12.2 Å². The first-order valence-corrected chi connectivity index (χ1v) is 6.64. The molecule has 17 heavy (non-hydrogen) atoms. The zero-order valence-electron chi connectivity index (χ0n) is 9.53. The van der Waals surface area contributed by atoms with Gasteiger partial charge in [-0.1, -0.05) is 29.3 Å². The molecule has 0 spiro atoms. The van der Waals surface area contributed by atoms with Gasteiger partial charge in [-0.15, -0.1) is 0 Å². The maximum absolute atomic E-state index is 9.99. The van der Waals surface area contributed by atoms with Crippen LogP contribution < -0.4 is 0 Å². The lowest BCUT2D eigenvalue weighted by Crippen LogP contribution is -2.19. The molecule has 1 N–H and O–H groups in total. The second-order valence-electron chi connectivity index (χ2n) is 4.46. The van der Waals surface area contributed by atoms with Gasteiger partial charge in [0.2, 0.25) is 0 Å². The summed E-state index contributed by atoms with van der Waals surface area (Å²) in [5, 5.41) is 11.2. The highest BCUT2D eigenvalue weighted by molar-refractivity contribution is 6.35. The number of aliphatic hydroxyl groups excluding tert-OH is 1. The minimum absolute atomic E-state index is 0.205. The summed E-state index contributed by atoms with van der Waals surface area (Å²) in [7, 11) is 0. The minimum Gasteiger partial charge on any atom is -0.393 e. The number of aliphatic hydroxyl groups is 1. The van der Waals surface area contributed by atoms with E-state index in [2.05, 4.69) is 0 Å². The molecule has 0 saturated carbocycles. The van der Waals surface area contributed by atoms with Gasteiger partial charge >= 0.3 is 0 Å². The first-order chi connectivity index (χ1) is 8.15. The van der Waals surface area contributed by atoms with Crippen molar-refractivity contribution in [3.8, 4) is 0 Å². The van der Waals surface area contributed by atoms with E-state index in [0.717, 1.165) is 25.0 Å². The zero-order chi connectivity index (χ0) is 12.3. The highest BCUT2D eigenvalue weighted by atomic mass is 35.5. The highest BCUT2D eigenvalue weighted by Gasteiger charge is 2.20. The second kappa shape index (κ2) is 6.05. The van der Waals surface area contributed by atoms with Crippen LogP contribution in [0.2, 0.25) is 10.0 Å². The fourth-order valence-corrected chi connectivity index (χ4v) is 2.64.